The highest BCUT2D eigenvalue weighted by Gasteiger charge is 2.49. The zero-order valence-corrected chi connectivity index (χ0v) is 23.2. The van der Waals surface area contributed by atoms with E-state index in [4.69, 9.17) is 25.8 Å². The molecule has 0 amide bonds. The van der Waals surface area contributed by atoms with Crippen LogP contribution >= 0.6 is 11.6 Å². The molecule has 3 unspecified atom stereocenters. The first-order valence-corrected chi connectivity index (χ1v) is 13.2. The molecule has 10 nitrogen and oxygen atoms in total. The average Bonchev–Trinajstić information content (AvgIpc) is 2.92. The Morgan fingerprint density at radius 2 is 1.85 bits per heavy atom. The first-order chi connectivity index (χ1) is 19.1. The summed E-state index contributed by atoms with van der Waals surface area (Å²) in [5.41, 5.74) is 1.71. The Bertz CT molecular complexity index is 1450. The molecule has 0 fully saturated rings. The van der Waals surface area contributed by atoms with E-state index in [1.54, 1.807) is 39.0 Å². The van der Waals surface area contributed by atoms with Gasteiger partial charge in [0.15, 0.2) is 5.78 Å². The van der Waals surface area contributed by atoms with Crippen LogP contribution in [-0.4, -0.2) is 43.0 Å². The lowest BCUT2D eigenvalue weighted by Crippen LogP contribution is -2.43. The molecule has 2 aromatic rings. The van der Waals surface area contributed by atoms with Gasteiger partial charge in [-0.2, -0.15) is 0 Å². The Balaban J connectivity index is 1.96. The van der Waals surface area contributed by atoms with E-state index < -0.39 is 40.4 Å². The third-order valence-electron chi connectivity index (χ3n) is 7.08. The number of ketones is 1. The first-order valence-electron chi connectivity index (χ1n) is 12.8. The smallest absolute Gasteiger partial charge is 0.336 e. The van der Waals surface area contributed by atoms with Crippen molar-refractivity contribution in [3.8, 4) is 5.75 Å². The van der Waals surface area contributed by atoms with Crippen molar-refractivity contribution in [2.75, 3.05) is 20.3 Å². The van der Waals surface area contributed by atoms with Crippen molar-refractivity contribution < 1.29 is 33.5 Å². The van der Waals surface area contributed by atoms with Crippen LogP contribution in [0.4, 0.5) is 5.69 Å². The van der Waals surface area contributed by atoms with E-state index in [2.05, 4.69) is 5.32 Å². The van der Waals surface area contributed by atoms with Gasteiger partial charge < -0.3 is 19.5 Å². The minimum absolute atomic E-state index is 0.0603. The van der Waals surface area contributed by atoms with Crippen LogP contribution in [0.25, 0.3) is 0 Å². The van der Waals surface area contributed by atoms with Crippen molar-refractivity contribution in [2.24, 2.45) is 5.92 Å². The number of methoxy groups -OCH3 is 1. The van der Waals surface area contributed by atoms with Gasteiger partial charge in [0.05, 0.1) is 30.8 Å². The summed E-state index contributed by atoms with van der Waals surface area (Å²) in [6, 6.07) is 10.9. The Morgan fingerprint density at radius 3 is 2.50 bits per heavy atom. The summed E-state index contributed by atoms with van der Waals surface area (Å²) < 4.78 is 16.0. The van der Waals surface area contributed by atoms with Gasteiger partial charge in [0.2, 0.25) is 0 Å². The van der Waals surface area contributed by atoms with Crippen LogP contribution in [-0.2, 0) is 23.9 Å². The number of esters is 2. The summed E-state index contributed by atoms with van der Waals surface area (Å²) in [6.07, 6.45) is 0.216. The van der Waals surface area contributed by atoms with Crippen molar-refractivity contribution in [3.05, 3.63) is 91.3 Å². The number of hydrogen-bond donors (Lipinski definition) is 1. The third kappa shape index (κ3) is 5.31. The van der Waals surface area contributed by atoms with Crippen molar-refractivity contribution in [3.63, 3.8) is 0 Å². The largest absolute Gasteiger partial charge is 0.497 e. The summed E-state index contributed by atoms with van der Waals surface area (Å²) in [5, 5.41) is 14.9. The SMILES string of the molecule is CCOC(=O)C1=C(C)NC2=C(C(=O)C(C(=O)OCC)C(c3cccc(OC)c3)C2)C1c1cc([N+](=O)[O-])ccc1Cl. The standard InChI is InChI=1S/C29H29ClN2O8/c1-5-39-28(34)23-15(3)31-22-14-19(16-8-7-9-18(12-16)38-4)25(29(35)40-6-2)27(33)26(22)24(23)20-13-17(32(36)37)10-11-21(20)30/h7-13,19,24-25,31H,5-6,14H2,1-4H3. The number of carbonyl (C=O) groups excluding carboxylic acids is 3. The van der Waals surface area contributed by atoms with Crippen LogP contribution in [0.15, 0.2) is 65.0 Å². The average molecular weight is 569 g/mol. The van der Waals surface area contributed by atoms with Gasteiger partial charge in [-0.1, -0.05) is 23.7 Å². The van der Waals surface area contributed by atoms with E-state index >= 15 is 0 Å². The van der Waals surface area contributed by atoms with E-state index in [-0.39, 0.29) is 47.1 Å². The first kappa shape index (κ1) is 28.8. The highest BCUT2D eigenvalue weighted by atomic mass is 35.5. The van der Waals surface area contributed by atoms with E-state index in [9.17, 15) is 24.5 Å². The van der Waals surface area contributed by atoms with Gasteiger partial charge in [0, 0.05) is 46.0 Å². The predicted octanol–water partition coefficient (Wildman–Crippen LogP) is 4.97. The molecule has 11 heteroatoms. The van der Waals surface area contributed by atoms with E-state index in [1.807, 2.05) is 6.07 Å². The second kappa shape index (κ2) is 11.9. The molecular formula is C29H29ClN2O8. The number of nitrogens with zero attached hydrogens (tertiary/aromatic N) is 1. The normalized spacial score (nSPS) is 20.4. The maximum atomic E-state index is 14.4. The van der Waals surface area contributed by atoms with Gasteiger partial charge >= 0.3 is 11.9 Å². The van der Waals surface area contributed by atoms with Gasteiger partial charge in [0.1, 0.15) is 11.7 Å². The number of nitro benzene ring substituents is 1. The summed E-state index contributed by atoms with van der Waals surface area (Å²) in [5.74, 6) is -4.38. The number of rotatable bonds is 8. The molecule has 0 radical (unpaired) electrons. The fourth-order valence-electron chi connectivity index (χ4n) is 5.38. The molecule has 2 aliphatic rings. The number of nitro groups is 1. The van der Waals surface area contributed by atoms with Crippen LogP contribution in [0.3, 0.4) is 0 Å². The molecule has 0 saturated carbocycles. The molecule has 210 valence electrons. The second-order valence-corrected chi connectivity index (χ2v) is 9.76. The van der Waals surface area contributed by atoms with Crippen LogP contribution in [0.2, 0.25) is 5.02 Å². The van der Waals surface area contributed by atoms with Gasteiger partial charge in [0.25, 0.3) is 5.69 Å². The van der Waals surface area contributed by atoms with Gasteiger partial charge in [-0.15, -0.1) is 0 Å². The van der Waals surface area contributed by atoms with Crippen molar-refractivity contribution in [1.29, 1.82) is 0 Å². The number of nitrogens with one attached hydrogen (secondary N) is 1. The van der Waals surface area contributed by atoms with Crippen molar-refractivity contribution in [2.45, 2.75) is 39.0 Å². The van der Waals surface area contributed by atoms with Crippen molar-refractivity contribution >= 4 is 35.0 Å². The number of allylic oxidation sites excluding steroid dienone is 3. The van der Waals surface area contributed by atoms with Gasteiger partial charge in [-0.25, -0.2) is 4.79 Å². The van der Waals surface area contributed by atoms with Crippen LogP contribution in [0.1, 0.15) is 50.2 Å². The monoisotopic (exact) mass is 568 g/mol. The highest BCUT2D eigenvalue weighted by Crippen LogP contribution is 2.50. The van der Waals surface area contributed by atoms with Crippen LogP contribution in [0.5, 0.6) is 5.75 Å². The molecule has 0 saturated heterocycles. The summed E-state index contributed by atoms with van der Waals surface area (Å²) in [6.45, 7) is 5.08. The number of dihydropyridines is 1. The maximum absolute atomic E-state index is 14.4. The minimum Gasteiger partial charge on any atom is -0.497 e. The Hall–Kier alpha value is -4.18. The minimum atomic E-state index is -1.24. The maximum Gasteiger partial charge on any atom is 0.336 e. The van der Waals surface area contributed by atoms with Gasteiger partial charge in [-0.05, 0) is 56.5 Å². The number of benzene rings is 2. The summed E-state index contributed by atoms with van der Waals surface area (Å²) in [4.78, 5) is 52.0. The number of hydrogen-bond acceptors (Lipinski definition) is 9. The lowest BCUT2D eigenvalue weighted by Gasteiger charge is -2.39. The van der Waals surface area contributed by atoms with E-state index in [0.717, 1.165) is 0 Å². The highest BCUT2D eigenvalue weighted by molar-refractivity contribution is 6.31. The Labute approximate surface area is 236 Å². The molecule has 3 atom stereocenters. The lowest BCUT2D eigenvalue weighted by molar-refractivity contribution is -0.384. The molecule has 1 aliphatic carbocycles. The molecule has 2 aromatic carbocycles. The fourth-order valence-corrected chi connectivity index (χ4v) is 5.61. The summed E-state index contributed by atoms with van der Waals surface area (Å²) in [7, 11) is 1.52. The zero-order valence-electron chi connectivity index (χ0n) is 22.5. The number of non-ortho nitro benzene ring substituents is 1. The van der Waals surface area contributed by atoms with Crippen LogP contribution < -0.4 is 10.1 Å². The number of Topliss-reactive ketones (excluding diaryl/α,β-unsaturated/α-hetero) is 1. The Kier molecular flexibility index (Phi) is 8.58. The molecule has 1 N–H and O–H groups in total. The molecule has 1 heterocycles. The number of carbonyl (C=O) groups is 3. The lowest BCUT2D eigenvalue weighted by atomic mass is 9.67. The molecule has 0 spiro atoms. The Morgan fingerprint density at radius 1 is 1.12 bits per heavy atom. The predicted molar refractivity (Wildman–Crippen MR) is 146 cm³/mol. The quantitative estimate of drug-likeness (QED) is 0.203. The zero-order chi connectivity index (χ0) is 29.1. The molecule has 1 aliphatic heterocycles. The molecular weight excluding hydrogens is 540 g/mol. The number of halogens is 1. The number of ether oxygens (including phenoxy) is 3. The van der Waals surface area contributed by atoms with E-state index in [1.165, 1.54) is 25.3 Å². The molecule has 4 rings (SSSR count). The van der Waals surface area contributed by atoms with Crippen LogP contribution in [0, 0.1) is 16.0 Å². The van der Waals surface area contributed by atoms with Crippen molar-refractivity contribution in [1.82, 2.24) is 5.32 Å². The molecule has 0 aromatic heterocycles. The fraction of sp³-hybridized carbons (Fsp3) is 0.345. The molecule has 40 heavy (non-hydrogen) atoms. The summed E-state index contributed by atoms with van der Waals surface area (Å²) >= 11 is 6.56. The van der Waals surface area contributed by atoms with Gasteiger partial charge in [-0.3, -0.25) is 19.7 Å². The second-order valence-electron chi connectivity index (χ2n) is 9.35. The van der Waals surface area contributed by atoms with E-state index in [0.29, 0.717) is 22.7 Å². The third-order valence-corrected chi connectivity index (χ3v) is 7.42. The topological polar surface area (TPSA) is 134 Å². The molecule has 0 bridgehead atoms.